The number of nitro groups is 1. The van der Waals surface area contributed by atoms with Crippen LogP contribution in [0, 0.1) is 17.0 Å². The third-order valence-corrected chi connectivity index (χ3v) is 1.50. The van der Waals surface area contributed by atoms with Gasteiger partial charge in [-0.2, -0.15) is 0 Å². The van der Waals surface area contributed by atoms with Crippen molar-refractivity contribution in [1.82, 2.24) is 0 Å². The van der Waals surface area contributed by atoms with Crippen molar-refractivity contribution in [2.75, 3.05) is 0 Å². The van der Waals surface area contributed by atoms with Gasteiger partial charge in [0.2, 0.25) is 0 Å². The summed E-state index contributed by atoms with van der Waals surface area (Å²) in [5.41, 5.74) is 0. The van der Waals surface area contributed by atoms with E-state index in [1.54, 1.807) is 6.07 Å². The monoisotopic (exact) mass is 168 g/mol. The maximum atomic E-state index is 10.2. The summed E-state index contributed by atoms with van der Waals surface area (Å²) in [6.45, 7) is 3.67. The molecule has 1 rings (SSSR count). The summed E-state index contributed by atoms with van der Waals surface area (Å²) in [6.07, 6.45) is 2.43. The molecule has 1 radical (unpaired) electrons. The van der Waals surface area contributed by atoms with Gasteiger partial charge in [-0.25, -0.2) is 0 Å². The fourth-order valence-electron chi connectivity index (χ4n) is 0.898. The lowest BCUT2D eigenvalue weighted by atomic mass is 10.2. The maximum Gasteiger partial charge on any atom is 0.433 e. The number of unbranched alkanes of at least 4 members (excludes halogenated alkanes) is 1. The van der Waals surface area contributed by atoms with Gasteiger partial charge in [-0.15, -0.1) is 0 Å². The molecule has 1 aromatic rings. The molecule has 0 aromatic carbocycles. The van der Waals surface area contributed by atoms with E-state index in [1.165, 1.54) is 6.07 Å². The largest absolute Gasteiger partial charge is 0.433 e. The molecular formula is C8H10NO3. The lowest BCUT2D eigenvalue weighted by molar-refractivity contribution is -0.402. The summed E-state index contributed by atoms with van der Waals surface area (Å²) in [5.74, 6) is 0.472. The Morgan fingerprint density at radius 3 is 2.83 bits per heavy atom. The molecule has 12 heavy (non-hydrogen) atoms. The summed E-state index contributed by atoms with van der Waals surface area (Å²) in [4.78, 5) is 9.65. The molecule has 1 heterocycles. The highest BCUT2D eigenvalue weighted by molar-refractivity contribution is 5.17. The quantitative estimate of drug-likeness (QED) is 0.512. The summed E-state index contributed by atoms with van der Waals surface area (Å²) >= 11 is 0. The minimum absolute atomic E-state index is 0.186. The first-order valence-electron chi connectivity index (χ1n) is 3.76. The average molecular weight is 168 g/mol. The van der Waals surface area contributed by atoms with Gasteiger partial charge in [0.05, 0.1) is 6.07 Å². The molecular weight excluding hydrogens is 158 g/mol. The number of aryl methyl sites for hydroxylation is 1. The van der Waals surface area contributed by atoms with Crippen LogP contribution < -0.4 is 0 Å². The second kappa shape index (κ2) is 3.90. The Labute approximate surface area is 70.3 Å². The van der Waals surface area contributed by atoms with E-state index < -0.39 is 4.92 Å². The number of nitrogens with zero attached hydrogens (tertiary/aromatic N) is 1. The SMILES string of the molecule is [CH2]CCCc1ccc([N+](=O)[O-])o1. The van der Waals surface area contributed by atoms with Crippen molar-refractivity contribution < 1.29 is 9.34 Å². The molecule has 0 saturated carbocycles. The van der Waals surface area contributed by atoms with Gasteiger partial charge in [0, 0.05) is 6.42 Å². The third-order valence-electron chi connectivity index (χ3n) is 1.50. The minimum atomic E-state index is -0.534. The fraction of sp³-hybridized carbons (Fsp3) is 0.375. The second-order valence-corrected chi connectivity index (χ2v) is 2.45. The molecule has 0 fully saturated rings. The van der Waals surface area contributed by atoms with Gasteiger partial charge in [-0.05, 0) is 12.5 Å². The van der Waals surface area contributed by atoms with Crippen LogP contribution in [0.3, 0.4) is 0 Å². The third kappa shape index (κ3) is 2.08. The van der Waals surface area contributed by atoms with Gasteiger partial charge in [-0.1, -0.05) is 13.3 Å². The van der Waals surface area contributed by atoms with E-state index in [0.29, 0.717) is 5.76 Å². The van der Waals surface area contributed by atoms with Gasteiger partial charge < -0.3 is 4.42 Å². The molecule has 4 heteroatoms. The van der Waals surface area contributed by atoms with Gasteiger partial charge in [0.25, 0.3) is 0 Å². The van der Waals surface area contributed by atoms with Crippen molar-refractivity contribution >= 4 is 5.88 Å². The summed E-state index contributed by atoms with van der Waals surface area (Å²) in [5, 5.41) is 10.2. The van der Waals surface area contributed by atoms with Crippen molar-refractivity contribution in [3.63, 3.8) is 0 Å². The Morgan fingerprint density at radius 2 is 2.33 bits per heavy atom. The van der Waals surface area contributed by atoms with Crippen LogP contribution in [0.5, 0.6) is 0 Å². The van der Waals surface area contributed by atoms with Crippen molar-refractivity contribution in [3.05, 3.63) is 34.9 Å². The van der Waals surface area contributed by atoms with Crippen LogP contribution in [0.1, 0.15) is 18.6 Å². The van der Waals surface area contributed by atoms with E-state index in [1.807, 2.05) is 0 Å². The summed E-state index contributed by atoms with van der Waals surface area (Å²) in [7, 11) is 0. The van der Waals surface area contributed by atoms with Crippen molar-refractivity contribution in [2.45, 2.75) is 19.3 Å². The van der Waals surface area contributed by atoms with Crippen LogP contribution in [-0.2, 0) is 6.42 Å². The molecule has 0 atom stereocenters. The van der Waals surface area contributed by atoms with Gasteiger partial charge in [0.1, 0.15) is 10.7 Å². The highest BCUT2D eigenvalue weighted by Crippen LogP contribution is 2.16. The van der Waals surface area contributed by atoms with Crippen LogP contribution in [0.4, 0.5) is 5.88 Å². The van der Waals surface area contributed by atoms with Crippen molar-refractivity contribution in [1.29, 1.82) is 0 Å². The second-order valence-electron chi connectivity index (χ2n) is 2.45. The van der Waals surface area contributed by atoms with E-state index in [9.17, 15) is 10.1 Å². The molecule has 0 aliphatic carbocycles. The van der Waals surface area contributed by atoms with Crippen molar-refractivity contribution in [3.8, 4) is 0 Å². The van der Waals surface area contributed by atoms with E-state index >= 15 is 0 Å². The van der Waals surface area contributed by atoms with E-state index in [-0.39, 0.29) is 5.88 Å². The van der Waals surface area contributed by atoms with Crippen LogP contribution in [0.25, 0.3) is 0 Å². The maximum absolute atomic E-state index is 10.2. The van der Waals surface area contributed by atoms with E-state index in [4.69, 9.17) is 4.42 Å². The number of furan rings is 1. The zero-order valence-electron chi connectivity index (χ0n) is 6.66. The number of rotatable bonds is 4. The lowest BCUT2D eigenvalue weighted by Gasteiger charge is -1.90. The van der Waals surface area contributed by atoms with Gasteiger partial charge in [0.15, 0.2) is 0 Å². The smallest absolute Gasteiger partial charge is 0.406 e. The Bertz CT molecular complexity index is 267. The van der Waals surface area contributed by atoms with Gasteiger partial charge >= 0.3 is 5.88 Å². The molecule has 4 nitrogen and oxygen atoms in total. The molecule has 0 amide bonds. The first-order valence-corrected chi connectivity index (χ1v) is 3.76. The molecule has 0 bridgehead atoms. The highest BCUT2D eigenvalue weighted by atomic mass is 16.6. The fourth-order valence-corrected chi connectivity index (χ4v) is 0.898. The van der Waals surface area contributed by atoms with E-state index in [0.717, 1.165) is 19.3 Å². The topological polar surface area (TPSA) is 56.3 Å². The predicted molar refractivity (Wildman–Crippen MR) is 43.7 cm³/mol. The summed E-state index contributed by atoms with van der Waals surface area (Å²) < 4.78 is 4.92. The normalized spacial score (nSPS) is 10.1. The van der Waals surface area contributed by atoms with Gasteiger partial charge in [-0.3, -0.25) is 10.1 Å². The van der Waals surface area contributed by atoms with Crippen molar-refractivity contribution in [2.24, 2.45) is 0 Å². The first kappa shape index (κ1) is 8.77. The average Bonchev–Trinajstić information content (AvgIpc) is 2.48. The standard InChI is InChI=1S/C8H10NO3/c1-2-3-4-7-5-6-8(12-7)9(10)11/h5-6H,1-4H2. The summed E-state index contributed by atoms with van der Waals surface area (Å²) in [6, 6.07) is 3.01. The number of hydrogen-bond acceptors (Lipinski definition) is 3. The molecule has 0 saturated heterocycles. The minimum Gasteiger partial charge on any atom is -0.406 e. The van der Waals surface area contributed by atoms with Crippen LogP contribution in [0.2, 0.25) is 0 Å². The molecule has 0 N–H and O–H groups in total. The van der Waals surface area contributed by atoms with Crippen LogP contribution in [0.15, 0.2) is 16.5 Å². The predicted octanol–water partition coefficient (Wildman–Crippen LogP) is 2.34. The zero-order chi connectivity index (χ0) is 8.97. The van der Waals surface area contributed by atoms with Crippen LogP contribution >= 0.6 is 0 Å². The lowest BCUT2D eigenvalue weighted by Crippen LogP contribution is -1.83. The molecule has 0 aliphatic rings. The number of hydrogen-bond donors (Lipinski definition) is 0. The Balaban J connectivity index is 2.58. The molecule has 0 aliphatic heterocycles. The zero-order valence-corrected chi connectivity index (χ0v) is 6.66. The highest BCUT2D eigenvalue weighted by Gasteiger charge is 2.10. The van der Waals surface area contributed by atoms with E-state index in [2.05, 4.69) is 6.92 Å². The molecule has 65 valence electrons. The Kier molecular flexibility index (Phi) is 2.85. The molecule has 0 unspecified atom stereocenters. The first-order chi connectivity index (χ1) is 5.74. The Morgan fingerprint density at radius 1 is 1.58 bits per heavy atom. The molecule has 1 aromatic heterocycles. The molecule has 0 spiro atoms. The Hall–Kier alpha value is -1.32. The van der Waals surface area contributed by atoms with Crippen LogP contribution in [-0.4, -0.2) is 4.92 Å².